The summed E-state index contributed by atoms with van der Waals surface area (Å²) in [4.78, 5) is 23.1. The second-order valence-corrected chi connectivity index (χ2v) is 5.21. The third kappa shape index (κ3) is 2.68. The fourth-order valence-corrected chi connectivity index (χ4v) is 2.21. The Bertz CT molecular complexity index is 555. The number of benzene rings is 1. The number of hydrogen-bond donors (Lipinski definition) is 3. The van der Waals surface area contributed by atoms with Crippen molar-refractivity contribution in [1.82, 2.24) is 0 Å². The minimum atomic E-state index is -0.488. The van der Waals surface area contributed by atoms with Gasteiger partial charge in [0.2, 0.25) is 5.91 Å². The summed E-state index contributed by atoms with van der Waals surface area (Å²) in [6.07, 6.45) is 0.338. The van der Waals surface area contributed by atoms with Crippen molar-refractivity contribution in [3.8, 4) is 0 Å². The monoisotopic (exact) mass is 277 g/mol. The second kappa shape index (κ2) is 5.40. The van der Waals surface area contributed by atoms with Crippen LogP contribution in [-0.2, 0) is 20.7 Å². The van der Waals surface area contributed by atoms with Gasteiger partial charge in [0.25, 0.3) is 0 Å². The molecule has 1 heterocycles. The lowest BCUT2D eigenvalue weighted by Gasteiger charge is -2.22. The van der Waals surface area contributed by atoms with Crippen LogP contribution in [-0.4, -0.2) is 25.0 Å². The highest BCUT2D eigenvalue weighted by Gasteiger charge is 2.25. The number of hydrogen-bond acceptors (Lipinski definition) is 5. The number of carbonyl (C=O) groups is 2. The Labute approximate surface area is 117 Å². The van der Waals surface area contributed by atoms with Gasteiger partial charge >= 0.3 is 5.97 Å². The first-order chi connectivity index (χ1) is 9.42. The molecule has 6 nitrogen and oxygen atoms in total. The number of anilines is 3. The molecule has 1 amide bonds. The molecule has 0 aliphatic carbocycles. The summed E-state index contributed by atoms with van der Waals surface area (Å²) in [6, 6.07) is 3.02. The molecule has 0 bridgehead atoms. The molecule has 4 N–H and O–H groups in total. The number of amides is 1. The standard InChI is InChI=1S/C14H19N3O3/c1-7(2)13(14(19)20-3)17-11-6-10-8(4-9(11)15)5-12(18)16-10/h4,6-7,13,17H,5,15H2,1-3H3,(H,16,18). The molecule has 0 aromatic heterocycles. The van der Waals surface area contributed by atoms with Crippen molar-refractivity contribution < 1.29 is 14.3 Å². The third-order valence-corrected chi connectivity index (χ3v) is 3.33. The Morgan fingerprint density at radius 2 is 2.15 bits per heavy atom. The first-order valence-electron chi connectivity index (χ1n) is 6.49. The molecule has 0 saturated heterocycles. The van der Waals surface area contributed by atoms with Crippen molar-refractivity contribution in [2.75, 3.05) is 23.5 Å². The molecule has 108 valence electrons. The van der Waals surface area contributed by atoms with E-state index in [9.17, 15) is 9.59 Å². The summed E-state index contributed by atoms with van der Waals surface area (Å²) in [5.41, 5.74) is 8.71. The lowest BCUT2D eigenvalue weighted by atomic mass is 10.0. The van der Waals surface area contributed by atoms with Crippen LogP contribution in [0.3, 0.4) is 0 Å². The lowest BCUT2D eigenvalue weighted by Crippen LogP contribution is -2.35. The van der Waals surface area contributed by atoms with Gasteiger partial charge in [-0.15, -0.1) is 0 Å². The molecule has 1 atom stereocenters. The Morgan fingerprint density at radius 3 is 2.75 bits per heavy atom. The van der Waals surface area contributed by atoms with Crippen LogP contribution in [0.4, 0.5) is 17.1 Å². The topological polar surface area (TPSA) is 93.4 Å². The predicted octanol–water partition coefficient (Wildman–Crippen LogP) is 1.37. The van der Waals surface area contributed by atoms with E-state index >= 15 is 0 Å². The van der Waals surface area contributed by atoms with Gasteiger partial charge in [-0.2, -0.15) is 0 Å². The van der Waals surface area contributed by atoms with Crippen molar-refractivity contribution >= 4 is 28.9 Å². The molecule has 0 radical (unpaired) electrons. The Morgan fingerprint density at radius 1 is 1.45 bits per heavy atom. The molecule has 0 fully saturated rings. The smallest absolute Gasteiger partial charge is 0.328 e. The highest BCUT2D eigenvalue weighted by molar-refractivity contribution is 6.01. The Hall–Kier alpha value is -2.24. The molecule has 1 aromatic rings. The summed E-state index contributed by atoms with van der Waals surface area (Å²) in [5.74, 6) is -0.349. The van der Waals surface area contributed by atoms with E-state index in [1.165, 1.54) is 7.11 Å². The van der Waals surface area contributed by atoms with Gasteiger partial charge in [0.15, 0.2) is 0 Å². The maximum Gasteiger partial charge on any atom is 0.328 e. The zero-order chi connectivity index (χ0) is 14.9. The number of rotatable bonds is 4. The van der Waals surface area contributed by atoms with Gasteiger partial charge in [-0.05, 0) is 23.6 Å². The molecular weight excluding hydrogens is 258 g/mol. The summed E-state index contributed by atoms with van der Waals surface area (Å²) in [5, 5.41) is 5.85. The number of esters is 1. The van der Waals surface area contributed by atoms with E-state index in [1.54, 1.807) is 12.1 Å². The average Bonchev–Trinajstić information content (AvgIpc) is 2.73. The van der Waals surface area contributed by atoms with Gasteiger partial charge in [-0.1, -0.05) is 13.8 Å². The van der Waals surface area contributed by atoms with Gasteiger partial charge in [-0.25, -0.2) is 4.79 Å². The largest absolute Gasteiger partial charge is 0.467 e. The van der Waals surface area contributed by atoms with Crippen molar-refractivity contribution in [2.24, 2.45) is 5.92 Å². The normalized spacial score (nSPS) is 14.7. The van der Waals surface area contributed by atoms with Crippen LogP contribution in [0.5, 0.6) is 0 Å². The van der Waals surface area contributed by atoms with Crippen LogP contribution < -0.4 is 16.4 Å². The number of fused-ring (bicyclic) bond motifs is 1. The van der Waals surface area contributed by atoms with E-state index in [1.807, 2.05) is 13.8 Å². The number of methoxy groups -OCH3 is 1. The summed E-state index contributed by atoms with van der Waals surface area (Å²) in [7, 11) is 1.35. The predicted molar refractivity (Wildman–Crippen MR) is 77.5 cm³/mol. The summed E-state index contributed by atoms with van der Waals surface area (Å²) >= 11 is 0. The van der Waals surface area contributed by atoms with Crippen LogP contribution >= 0.6 is 0 Å². The van der Waals surface area contributed by atoms with Gasteiger partial charge in [0.1, 0.15) is 6.04 Å². The van der Waals surface area contributed by atoms with Crippen molar-refractivity contribution in [3.63, 3.8) is 0 Å². The van der Waals surface area contributed by atoms with E-state index in [0.29, 0.717) is 17.8 Å². The first-order valence-corrected chi connectivity index (χ1v) is 6.49. The van der Waals surface area contributed by atoms with Gasteiger partial charge < -0.3 is 21.1 Å². The van der Waals surface area contributed by atoms with E-state index in [-0.39, 0.29) is 17.8 Å². The SMILES string of the molecule is COC(=O)C(Nc1cc2c(cc1N)CC(=O)N2)C(C)C. The molecule has 6 heteroatoms. The zero-order valence-electron chi connectivity index (χ0n) is 11.8. The van der Waals surface area contributed by atoms with E-state index < -0.39 is 6.04 Å². The van der Waals surface area contributed by atoms with Gasteiger partial charge in [-0.3, -0.25) is 4.79 Å². The molecule has 20 heavy (non-hydrogen) atoms. The van der Waals surface area contributed by atoms with Crippen LogP contribution in [0.1, 0.15) is 19.4 Å². The van der Waals surface area contributed by atoms with E-state index in [2.05, 4.69) is 10.6 Å². The number of carbonyl (C=O) groups excluding carboxylic acids is 2. The number of ether oxygens (including phenoxy) is 1. The van der Waals surface area contributed by atoms with Gasteiger partial charge in [0, 0.05) is 5.69 Å². The summed E-state index contributed by atoms with van der Waals surface area (Å²) in [6.45, 7) is 3.83. The van der Waals surface area contributed by atoms with Gasteiger partial charge in [0.05, 0.1) is 24.9 Å². The number of nitrogens with one attached hydrogen (secondary N) is 2. The van der Waals surface area contributed by atoms with Crippen LogP contribution in [0.2, 0.25) is 0 Å². The fourth-order valence-electron chi connectivity index (χ4n) is 2.21. The van der Waals surface area contributed by atoms with Crippen molar-refractivity contribution in [2.45, 2.75) is 26.3 Å². The maximum absolute atomic E-state index is 11.8. The zero-order valence-corrected chi connectivity index (χ0v) is 11.8. The maximum atomic E-state index is 11.8. The number of nitrogen functional groups attached to an aromatic ring is 1. The lowest BCUT2D eigenvalue weighted by molar-refractivity contribution is -0.142. The number of nitrogens with two attached hydrogens (primary N) is 1. The molecular formula is C14H19N3O3. The van der Waals surface area contributed by atoms with Crippen molar-refractivity contribution in [1.29, 1.82) is 0 Å². The summed E-state index contributed by atoms with van der Waals surface area (Å²) < 4.78 is 4.78. The second-order valence-electron chi connectivity index (χ2n) is 5.21. The molecule has 1 aliphatic rings. The third-order valence-electron chi connectivity index (χ3n) is 3.33. The van der Waals surface area contributed by atoms with Crippen LogP contribution in [0.15, 0.2) is 12.1 Å². The minimum absolute atomic E-state index is 0.0460. The Kier molecular flexibility index (Phi) is 3.83. The van der Waals surface area contributed by atoms with Crippen molar-refractivity contribution in [3.05, 3.63) is 17.7 Å². The fraction of sp³-hybridized carbons (Fsp3) is 0.429. The molecule has 1 unspecified atom stereocenters. The average molecular weight is 277 g/mol. The molecule has 0 saturated carbocycles. The highest BCUT2D eigenvalue weighted by Crippen LogP contribution is 2.32. The molecule has 0 spiro atoms. The molecule has 1 aliphatic heterocycles. The quantitative estimate of drug-likeness (QED) is 0.571. The first kappa shape index (κ1) is 14.2. The highest BCUT2D eigenvalue weighted by atomic mass is 16.5. The van der Waals surface area contributed by atoms with E-state index in [4.69, 9.17) is 10.5 Å². The molecule has 1 aromatic carbocycles. The van der Waals surface area contributed by atoms with Crippen LogP contribution in [0, 0.1) is 5.92 Å². The Balaban J connectivity index is 2.27. The molecule has 2 rings (SSSR count). The minimum Gasteiger partial charge on any atom is -0.467 e. The van der Waals surface area contributed by atoms with E-state index in [0.717, 1.165) is 11.3 Å². The van der Waals surface area contributed by atoms with Crippen LogP contribution in [0.25, 0.3) is 0 Å².